The highest BCUT2D eigenvalue weighted by atomic mass is 16.6. The number of aromatic nitrogens is 2. The minimum absolute atomic E-state index is 0.158. The van der Waals surface area contributed by atoms with Crippen LogP contribution in [0.2, 0.25) is 0 Å². The molecule has 0 N–H and O–H groups in total. The lowest BCUT2D eigenvalue weighted by Gasteiger charge is -2.32. The Bertz CT molecular complexity index is 657. The molecular weight excluding hydrogens is 292 g/mol. The van der Waals surface area contributed by atoms with E-state index in [0.29, 0.717) is 5.92 Å². The summed E-state index contributed by atoms with van der Waals surface area (Å²) in [7, 11) is 2.01. The molecule has 1 aliphatic rings. The van der Waals surface area contributed by atoms with Crippen LogP contribution < -0.4 is 0 Å². The smallest absolute Gasteiger partial charge is 0.269 e. The van der Waals surface area contributed by atoms with Crippen LogP contribution in [0.1, 0.15) is 30.0 Å². The van der Waals surface area contributed by atoms with Crippen LogP contribution in [0.4, 0.5) is 5.69 Å². The zero-order valence-corrected chi connectivity index (χ0v) is 13.4. The topological polar surface area (TPSA) is 64.2 Å². The lowest BCUT2D eigenvalue weighted by Crippen LogP contribution is -2.34. The summed E-state index contributed by atoms with van der Waals surface area (Å²) in [4.78, 5) is 12.8. The molecule has 0 spiro atoms. The standard InChI is InChI=1S/C17H22N4O2/c1-19-17(6-10-18-19)15-8-12-20(13-9-15)11-7-14-2-4-16(5-3-14)21(22)23/h2-6,10,15H,7-9,11-13H2,1H3. The molecule has 23 heavy (non-hydrogen) atoms. The zero-order valence-electron chi connectivity index (χ0n) is 13.4. The van der Waals surface area contributed by atoms with Crippen molar-refractivity contribution in [1.29, 1.82) is 0 Å². The van der Waals surface area contributed by atoms with Crippen molar-refractivity contribution in [3.8, 4) is 0 Å². The molecule has 1 aromatic carbocycles. The fraction of sp³-hybridized carbons (Fsp3) is 0.471. The van der Waals surface area contributed by atoms with Crippen LogP contribution in [-0.2, 0) is 13.5 Å². The summed E-state index contributed by atoms with van der Waals surface area (Å²) in [5.41, 5.74) is 2.65. The van der Waals surface area contributed by atoms with Gasteiger partial charge in [-0.3, -0.25) is 14.8 Å². The highest BCUT2D eigenvalue weighted by molar-refractivity contribution is 5.32. The first-order chi connectivity index (χ1) is 11.1. The van der Waals surface area contributed by atoms with E-state index in [0.717, 1.165) is 31.6 Å². The summed E-state index contributed by atoms with van der Waals surface area (Å²) in [6.45, 7) is 3.21. The number of likely N-dealkylation sites (tertiary alicyclic amines) is 1. The molecule has 2 heterocycles. The Hall–Kier alpha value is -2.21. The number of nitrogens with zero attached hydrogens (tertiary/aromatic N) is 4. The van der Waals surface area contributed by atoms with Gasteiger partial charge in [-0.05, 0) is 44.0 Å². The van der Waals surface area contributed by atoms with Crippen LogP contribution in [-0.4, -0.2) is 39.2 Å². The Labute approximate surface area is 135 Å². The quantitative estimate of drug-likeness (QED) is 0.629. The Morgan fingerprint density at radius 3 is 2.48 bits per heavy atom. The number of nitro groups is 1. The van der Waals surface area contributed by atoms with Crippen molar-refractivity contribution in [2.45, 2.75) is 25.2 Å². The predicted molar refractivity (Wildman–Crippen MR) is 88.4 cm³/mol. The van der Waals surface area contributed by atoms with E-state index in [9.17, 15) is 10.1 Å². The van der Waals surface area contributed by atoms with E-state index in [-0.39, 0.29) is 10.6 Å². The Balaban J connectivity index is 1.47. The van der Waals surface area contributed by atoms with E-state index >= 15 is 0 Å². The number of piperidine rings is 1. The third-order valence-corrected chi connectivity index (χ3v) is 4.73. The molecule has 2 aromatic rings. The fourth-order valence-corrected chi connectivity index (χ4v) is 3.31. The molecular formula is C17H22N4O2. The molecule has 1 aliphatic heterocycles. The van der Waals surface area contributed by atoms with Gasteiger partial charge in [0.25, 0.3) is 5.69 Å². The fourth-order valence-electron chi connectivity index (χ4n) is 3.31. The third-order valence-electron chi connectivity index (χ3n) is 4.73. The van der Waals surface area contributed by atoms with Crippen LogP contribution in [0.5, 0.6) is 0 Å². The number of benzene rings is 1. The van der Waals surface area contributed by atoms with Gasteiger partial charge < -0.3 is 4.90 Å². The van der Waals surface area contributed by atoms with Crippen molar-refractivity contribution in [2.24, 2.45) is 7.05 Å². The van der Waals surface area contributed by atoms with Crippen LogP contribution in [0, 0.1) is 10.1 Å². The Kier molecular flexibility index (Phi) is 4.71. The number of hydrogen-bond donors (Lipinski definition) is 0. The van der Waals surface area contributed by atoms with Gasteiger partial charge in [-0.1, -0.05) is 12.1 Å². The van der Waals surface area contributed by atoms with Gasteiger partial charge >= 0.3 is 0 Å². The molecule has 6 nitrogen and oxygen atoms in total. The number of non-ortho nitro benzene ring substituents is 1. The van der Waals surface area contributed by atoms with Crippen molar-refractivity contribution < 1.29 is 4.92 Å². The Morgan fingerprint density at radius 2 is 1.91 bits per heavy atom. The highest BCUT2D eigenvalue weighted by Crippen LogP contribution is 2.27. The molecule has 1 aromatic heterocycles. The molecule has 0 unspecified atom stereocenters. The second-order valence-corrected chi connectivity index (χ2v) is 6.17. The maximum absolute atomic E-state index is 10.7. The van der Waals surface area contributed by atoms with Gasteiger partial charge in [-0.25, -0.2) is 0 Å². The summed E-state index contributed by atoms with van der Waals surface area (Å²) in [5.74, 6) is 0.609. The average molecular weight is 314 g/mol. The SMILES string of the molecule is Cn1nccc1C1CCN(CCc2ccc([N+](=O)[O-])cc2)CC1. The molecule has 6 heteroatoms. The number of hydrogen-bond acceptors (Lipinski definition) is 4. The summed E-state index contributed by atoms with van der Waals surface area (Å²) in [6, 6.07) is 9.02. The second kappa shape index (κ2) is 6.91. The first-order valence-corrected chi connectivity index (χ1v) is 8.07. The molecule has 0 amide bonds. The first kappa shape index (κ1) is 15.7. The van der Waals surface area contributed by atoms with Gasteiger partial charge in [-0.15, -0.1) is 0 Å². The van der Waals surface area contributed by atoms with Gasteiger partial charge in [0, 0.05) is 43.5 Å². The predicted octanol–water partition coefficient (Wildman–Crippen LogP) is 2.75. The molecule has 0 atom stereocenters. The summed E-state index contributed by atoms with van der Waals surface area (Å²) < 4.78 is 1.98. The van der Waals surface area contributed by atoms with E-state index in [1.807, 2.05) is 30.1 Å². The molecule has 122 valence electrons. The molecule has 0 radical (unpaired) electrons. The molecule has 0 saturated carbocycles. The van der Waals surface area contributed by atoms with Gasteiger partial charge in [0.1, 0.15) is 0 Å². The second-order valence-electron chi connectivity index (χ2n) is 6.17. The molecule has 0 aliphatic carbocycles. The molecule has 0 bridgehead atoms. The minimum Gasteiger partial charge on any atom is -0.303 e. The lowest BCUT2D eigenvalue weighted by atomic mass is 9.93. The molecule has 1 fully saturated rings. The van der Waals surface area contributed by atoms with Crippen LogP contribution in [0.15, 0.2) is 36.5 Å². The van der Waals surface area contributed by atoms with Crippen molar-refractivity contribution in [1.82, 2.24) is 14.7 Å². The van der Waals surface area contributed by atoms with Gasteiger partial charge in [0.05, 0.1) is 4.92 Å². The van der Waals surface area contributed by atoms with E-state index in [1.165, 1.54) is 18.5 Å². The summed E-state index contributed by atoms with van der Waals surface area (Å²) >= 11 is 0. The molecule has 3 rings (SSSR count). The van der Waals surface area contributed by atoms with Gasteiger partial charge in [0.15, 0.2) is 0 Å². The average Bonchev–Trinajstić information content (AvgIpc) is 3.00. The largest absolute Gasteiger partial charge is 0.303 e. The zero-order chi connectivity index (χ0) is 16.2. The molecule has 1 saturated heterocycles. The van der Waals surface area contributed by atoms with Crippen molar-refractivity contribution >= 4 is 5.69 Å². The maximum atomic E-state index is 10.7. The third kappa shape index (κ3) is 3.76. The monoisotopic (exact) mass is 314 g/mol. The lowest BCUT2D eigenvalue weighted by molar-refractivity contribution is -0.384. The summed E-state index contributed by atoms with van der Waals surface area (Å²) in [5, 5.41) is 14.9. The van der Waals surface area contributed by atoms with E-state index < -0.39 is 0 Å². The van der Waals surface area contributed by atoms with E-state index in [2.05, 4.69) is 16.1 Å². The number of aryl methyl sites for hydroxylation is 1. The van der Waals surface area contributed by atoms with Crippen LogP contribution in [0.3, 0.4) is 0 Å². The van der Waals surface area contributed by atoms with Crippen molar-refractivity contribution in [3.63, 3.8) is 0 Å². The van der Waals surface area contributed by atoms with Gasteiger partial charge in [0.2, 0.25) is 0 Å². The van der Waals surface area contributed by atoms with Crippen LogP contribution >= 0.6 is 0 Å². The van der Waals surface area contributed by atoms with Gasteiger partial charge in [-0.2, -0.15) is 5.10 Å². The maximum Gasteiger partial charge on any atom is 0.269 e. The normalized spacial score (nSPS) is 16.6. The first-order valence-electron chi connectivity index (χ1n) is 8.07. The number of rotatable bonds is 5. The van der Waals surface area contributed by atoms with Crippen molar-refractivity contribution in [3.05, 3.63) is 57.9 Å². The number of nitro benzene ring substituents is 1. The van der Waals surface area contributed by atoms with Crippen molar-refractivity contribution in [2.75, 3.05) is 19.6 Å². The minimum atomic E-state index is -0.354. The highest BCUT2D eigenvalue weighted by Gasteiger charge is 2.22. The summed E-state index contributed by atoms with van der Waals surface area (Å²) in [6.07, 6.45) is 5.14. The van der Waals surface area contributed by atoms with E-state index in [4.69, 9.17) is 0 Å². The Morgan fingerprint density at radius 1 is 1.22 bits per heavy atom. The van der Waals surface area contributed by atoms with Crippen LogP contribution in [0.25, 0.3) is 0 Å². The van der Waals surface area contributed by atoms with E-state index in [1.54, 1.807) is 12.1 Å².